The Hall–Kier alpha value is -2.69. The lowest BCUT2D eigenvalue weighted by Crippen LogP contribution is -2.24. The Morgan fingerprint density at radius 1 is 0.846 bits per heavy atom. The van der Waals surface area contributed by atoms with Crippen LogP contribution in [0.5, 0.6) is 17.2 Å². The van der Waals surface area contributed by atoms with Crippen molar-refractivity contribution in [3.05, 3.63) is 53.6 Å². The van der Waals surface area contributed by atoms with Crippen LogP contribution in [0.3, 0.4) is 0 Å². The van der Waals surface area contributed by atoms with E-state index in [0.717, 1.165) is 24.2 Å². The van der Waals surface area contributed by atoms with Gasteiger partial charge in [-0.25, -0.2) is 0 Å². The van der Waals surface area contributed by atoms with E-state index in [9.17, 15) is 4.79 Å². The van der Waals surface area contributed by atoms with Crippen molar-refractivity contribution in [1.29, 1.82) is 0 Å². The summed E-state index contributed by atoms with van der Waals surface area (Å²) in [6.07, 6.45) is 2.97. The molecule has 1 amide bonds. The maximum Gasteiger partial charge on any atom is 0.220 e. The highest BCUT2D eigenvalue weighted by Crippen LogP contribution is 2.27. The molecule has 5 nitrogen and oxygen atoms in total. The molecule has 1 N–H and O–H groups in total. The summed E-state index contributed by atoms with van der Waals surface area (Å²) >= 11 is 0. The van der Waals surface area contributed by atoms with E-state index in [-0.39, 0.29) is 5.91 Å². The van der Waals surface area contributed by atoms with Gasteiger partial charge in [0.05, 0.1) is 21.3 Å². The van der Waals surface area contributed by atoms with Gasteiger partial charge in [0.15, 0.2) is 11.5 Å². The molecule has 140 valence electrons. The second-order valence-electron chi connectivity index (χ2n) is 5.99. The topological polar surface area (TPSA) is 56.8 Å². The van der Waals surface area contributed by atoms with Crippen molar-refractivity contribution in [1.82, 2.24) is 5.32 Å². The highest BCUT2D eigenvalue weighted by Gasteiger charge is 2.07. The molecule has 0 radical (unpaired) electrons. The number of methoxy groups -OCH3 is 3. The van der Waals surface area contributed by atoms with Gasteiger partial charge >= 0.3 is 0 Å². The molecule has 5 heteroatoms. The predicted molar refractivity (Wildman–Crippen MR) is 102 cm³/mol. The van der Waals surface area contributed by atoms with Crippen LogP contribution < -0.4 is 19.5 Å². The van der Waals surface area contributed by atoms with Crippen molar-refractivity contribution < 1.29 is 19.0 Å². The Morgan fingerprint density at radius 2 is 1.54 bits per heavy atom. The quantitative estimate of drug-likeness (QED) is 0.662. The molecular formula is C21H27NO4. The minimum Gasteiger partial charge on any atom is -0.497 e. The summed E-state index contributed by atoms with van der Waals surface area (Å²) in [7, 11) is 4.88. The molecule has 0 heterocycles. The van der Waals surface area contributed by atoms with Gasteiger partial charge < -0.3 is 19.5 Å². The normalized spacial score (nSPS) is 10.3. The van der Waals surface area contributed by atoms with Gasteiger partial charge in [0.2, 0.25) is 5.91 Å². The maximum atomic E-state index is 12.0. The van der Waals surface area contributed by atoms with Gasteiger partial charge in [-0.05, 0) is 54.7 Å². The van der Waals surface area contributed by atoms with E-state index in [1.54, 1.807) is 21.3 Å². The smallest absolute Gasteiger partial charge is 0.220 e. The number of hydrogen-bond acceptors (Lipinski definition) is 4. The molecule has 0 atom stereocenters. The van der Waals surface area contributed by atoms with Crippen LogP contribution in [0.4, 0.5) is 0 Å². The Kier molecular flexibility index (Phi) is 7.80. The fraction of sp³-hybridized carbons (Fsp3) is 0.381. The lowest BCUT2D eigenvalue weighted by Gasteiger charge is -2.10. The van der Waals surface area contributed by atoms with E-state index in [1.807, 2.05) is 30.3 Å². The molecule has 0 saturated heterocycles. The first-order chi connectivity index (χ1) is 12.7. The number of hydrogen-bond donors (Lipinski definition) is 1. The zero-order valence-electron chi connectivity index (χ0n) is 15.7. The zero-order valence-corrected chi connectivity index (χ0v) is 15.7. The highest BCUT2D eigenvalue weighted by atomic mass is 16.5. The van der Waals surface area contributed by atoms with E-state index in [0.29, 0.717) is 30.9 Å². The number of carbonyl (C=O) groups is 1. The molecule has 2 aromatic carbocycles. The molecule has 2 rings (SSSR count). The number of rotatable bonds is 10. The molecule has 0 aliphatic heterocycles. The molecule has 0 fully saturated rings. The average molecular weight is 357 g/mol. The van der Waals surface area contributed by atoms with Gasteiger partial charge in [-0.2, -0.15) is 0 Å². The van der Waals surface area contributed by atoms with Crippen LogP contribution in [0.2, 0.25) is 0 Å². The van der Waals surface area contributed by atoms with Gasteiger partial charge in [0.1, 0.15) is 5.75 Å². The first-order valence-corrected chi connectivity index (χ1v) is 8.76. The molecule has 2 aromatic rings. The largest absolute Gasteiger partial charge is 0.497 e. The summed E-state index contributed by atoms with van der Waals surface area (Å²) in [5.74, 6) is 2.30. The summed E-state index contributed by atoms with van der Waals surface area (Å²) in [5.41, 5.74) is 2.29. The number of nitrogens with one attached hydrogen (secondary N) is 1. The predicted octanol–water partition coefficient (Wildman–Crippen LogP) is 3.39. The Bertz CT molecular complexity index is 698. The summed E-state index contributed by atoms with van der Waals surface area (Å²) < 4.78 is 15.7. The monoisotopic (exact) mass is 357 g/mol. The van der Waals surface area contributed by atoms with Crippen LogP contribution in [0.1, 0.15) is 24.0 Å². The number of benzene rings is 2. The van der Waals surface area contributed by atoms with Crippen molar-refractivity contribution in [2.75, 3.05) is 27.9 Å². The summed E-state index contributed by atoms with van der Waals surface area (Å²) in [6, 6.07) is 13.7. The van der Waals surface area contributed by atoms with E-state index in [2.05, 4.69) is 17.4 Å². The Balaban J connectivity index is 1.68. The zero-order chi connectivity index (χ0) is 18.8. The van der Waals surface area contributed by atoms with E-state index in [4.69, 9.17) is 14.2 Å². The summed E-state index contributed by atoms with van der Waals surface area (Å²) in [6.45, 7) is 0.677. The van der Waals surface area contributed by atoms with Gasteiger partial charge in [0.25, 0.3) is 0 Å². The lowest BCUT2D eigenvalue weighted by atomic mass is 10.1. The standard InChI is InChI=1S/C21H27NO4/c1-24-18-10-6-16(7-11-18)5-4-14-22-21(23)13-9-17-8-12-19(25-2)20(15-17)26-3/h6-8,10-12,15H,4-5,9,13-14H2,1-3H3,(H,22,23). The number of ether oxygens (including phenoxy) is 3. The first kappa shape index (κ1) is 19.6. The lowest BCUT2D eigenvalue weighted by molar-refractivity contribution is -0.121. The molecule has 0 unspecified atom stereocenters. The van der Waals surface area contributed by atoms with Gasteiger partial charge in [0, 0.05) is 13.0 Å². The van der Waals surface area contributed by atoms with Crippen LogP contribution in [-0.4, -0.2) is 33.8 Å². The van der Waals surface area contributed by atoms with Crippen LogP contribution >= 0.6 is 0 Å². The van der Waals surface area contributed by atoms with Crippen molar-refractivity contribution >= 4 is 5.91 Å². The van der Waals surface area contributed by atoms with Crippen LogP contribution in [0.25, 0.3) is 0 Å². The number of carbonyl (C=O) groups excluding carboxylic acids is 1. The summed E-state index contributed by atoms with van der Waals surface area (Å²) in [5, 5.41) is 2.98. The SMILES string of the molecule is COc1ccc(CCCNC(=O)CCc2ccc(OC)c(OC)c2)cc1. The summed E-state index contributed by atoms with van der Waals surface area (Å²) in [4.78, 5) is 12.0. The molecule has 0 spiro atoms. The molecular weight excluding hydrogens is 330 g/mol. The first-order valence-electron chi connectivity index (χ1n) is 8.76. The number of aryl methyl sites for hydroxylation is 2. The Morgan fingerprint density at radius 3 is 2.19 bits per heavy atom. The van der Waals surface area contributed by atoms with Gasteiger partial charge in [-0.3, -0.25) is 4.79 Å². The van der Waals surface area contributed by atoms with E-state index in [1.165, 1.54) is 5.56 Å². The van der Waals surface area contributed by atoms with Crippen LogP contribution in [0.15, 0.2) is 42.5 Å². The molecule has 0 aromatic heterocycles. The van der Waals surface area contributed by atoms with Gasteiger partial charge in [-0.15, -0.1) is 0 Å². The molecule has 0 aliphatic carbocycles. The minimum absolute atomic E-state index is 0.0644. The third kappa shape index (κ3) is 5.99. The second kappa shape index (κ2) is 10.3. The highest BCUT2D eigenvalue weighted by molar-refractivity contribution is 5.76. The third-order valence-corrected chi connectivity index (χ3v) is 4.21. The molecule has 26 heavy (non-hydrogen) atoms. The van der Waals surface area contributed by atoms with Crippen molar-refractivity contribution in [3.63, 3.8) is 0 Å². The Labute approximate surface area is 155 Å². The number of amides is 1. The van der Waals surface area contributed by atoms with E-state index < -0.39 is 0 Å². The van der Waals surface area contributed by atoms with Crippen LogP contribution in [0, 0.1) is 0 Å². The second-order valence-corrected chi connectivity index (χ2v) is 5.99. The van der Waals surface area contributed by atoms with E-state index >= 15 is 0 Å². The van der Waals surface area contributed by atoms with Crippen molar-refractivity contribution in [2.45, 2.75) is 25.7 Å². The van der Waals surface area contributed by atoms with Crippen molar-refractivity contribution in [3.8, 4) is 17.2 Å². The van der Waals surface area contributed by atoms with Crippen LogP contribution in [-0.2, 0) is 17.6 Å². The fourth-order valence-electron chi connectivity index (χ4n) is 2.69. The fourth-order valence-corrected chi connectivity index (χ4v) is 2.69. The maximum absolute atomic E-state index is 12.0. The molecule has 0 bridgehead atoms. The molecule has 0 aliphatic rings. The molecule has 0 saturated carbocycles. The van der Waals surface area contributed by atoms with Crippen molar-refractivity contribution in [2.24, 2.45) is 0 Å². The van der Waals surface area contributed by atoms with Gasteiger partial charge in [-0.1, -0.05) is 18.2 Å². The third-order valence-electron chi connectivity index (χ3n) is 4.21. The minimum atomic E-state index is 0.0644. The average Bonchev–Trinajstić information content (AvgIpc) is 2.69.